The van der Waals surface area contributed by atoms with Crippen LogP contribution in [-0.2, 0) is 25.1 Å². The first-order valence-corrected chi connectivity index (χ1v) is 5.60. The van der Waals surface area contributed by atoms with Crippen molar-refractivity contribution in [1.82, 2.24) is 0 Å². The molecule has 56 valence electrons. The van der Waals surface area contributed by atoms with E-state index in [0.29, 0.717) is 0 Å². The molecule has 0 rings (SSSR count). The fourth-order valence-electron chi connectivity index (χ4n) is 0.155. The lowest BCUT2D eigenvalue weighted by molar-refractivity contribution is 0.411. The Morgan fingerprint density at radius 2 is 2.00 bits per heavy atom. The molecule has 0 radical (unpaired) electrons. The van der Waals surface area contributed by atoms with Crippen LogP contribution in [-0.4, -0.2) is 31.1 Å². The molecule has 0 saturated carbocycles. The summed E-state index contributed by atoms with van der Waals surface area (Å²) in [5.41, 5.74) is 0. The van der Waals surface area contributed by atoms with Gasteiger partial charge in [-0.1, -0.05) is 0 Å². The van der Waals surface area contributed by atoms with E-state index in [9.17, 15) is 12.6 Å². The van der Waals surface area contributed by atoms with Gasteiger partial charge in [-0.2, -0.15) is 0 Å². The molecule has 0 saturated heterocycles. The zero-order chi connectivity index (χ0) is 7.49. The molecule has 0 aromatic carbocycles. The van der Waals surface area contributed by atoms with Crippen LogP contribution in [0.15, 0.2) is 0 Å². The quantitative estimate of drug-likeness (QED) is 0.564. The predicted octanol–water partition coefficient (Wildman–Crippen LogP) is -0.701. The van der Waals surface area contributed by atoms with Gasteiger partial charge >= 0.3 is 0 Å². The SMILES string of the molecule is CS(=O)OCS(C)(=O)=O. The molecule has 0 aromatic heterocycles. The van der Waals surface area contributed by atoms with E-state index >= 15 is 0 Å². The lowest BCUT2D eigenvalue weighted by Gasteiger charge is -1.94. The Morgan fingerprint density at radius 3 is 2.11 bits per heavy atom. The van der Waals surface area contributed by atoms with Gasteiger partial charge in [0.1, 0.15) is 0 Å². The van der Waals surface area contributed by atoms with Crippen molar-refractivity contribution in [3.8, 4) is 0 Å². The maximum absolute atomic E-state index is 10.3. The van der Waals surface area contributed by atoms with Crippen LogP contribution in [0.2, 0.25) is 0 Å². The molecule has 0 heterocycles. The molecule has 1 unspecified atom stereocenters. The highest BCUT2D eigenvalue weighted by molar-refractivity contribution is 7.91. The monoisotopic (exact) mass is 172 g/mol. The molecule has 0 spiro atoms. The smallest absolute Gasteiger partial charge is 0.172 e. The zero-order valence-corrected chi connectivity index (χ0v) is 6.79. The van der Waals surface area contributed by atoms with Gasteiger partial charge in [0, 0.05) is 12.5 Å². The van der Waals surface area contributed by atoms with Gasteiger partial charge in [0.15, 0.2) is 26.9 Å². The maximum Gasteiger partial charge on any atom is 0.172 e. The second-order valence-electron chi connectivity index (χ2n) is 1.56. The van der Waals surface area contributed by atoms with Crippen LogP contribution in [0.1, 0.15) is 0 Å². The van der Waals surface area contributed by atoms with Crippen LogP contribution in [0.4, 0.5) is 0 Å². The molecule has 9 heavy (non-hydrogen) atoms. The second kappa shape index (κ2) is 3.28. The third-order valence-corrected chi connectivity index (χ3v) is 1.57. The molecular formula is C3H8O4S2. The lowest BCUT2D eigenvalue weighted by Crippen LogP contribution is -2.07. The third kappa shape index (κ3) is 8.06. The molecule has 1 atom stereocenters. The second-order valence-corrected chi connectivity index (χ2v) is 4.69. The van der Waals surface area contributed by atoms with Crippen LogP contribution in [0.5, 0.6) is 0 Å². The van der Waals surface area contributed by atoms with Crippen LogP contribution in [0.25, 0.3) is 0 Å². The van der Waals surface area contributed by atoms with Crippen molar-refractivity contribution >= 4 is 20.9 Å². The van der Waals surface area contributed by atoms with Crippen molar-refractivity contribution in [2.75, 3.05) is 18.5 Å². The molecule has 0 aliphatic rings. The lowest BCUT2D eigenvalue weighted by atomic mass is 11.7. The summed E-state index contributed by atoms with van der Waals surface area (Å²) in [5.74, 6) is -0.476. The topological polar surface area (TPSA) is 60.4 Å². The number of hydrogen-bond donors (Lipinski definition) is 0. The molecular weight excluding hydrogens is 164 g/mol. The van der Waals surface area contributed by atoms with E-state index in [1.165, 1.54) is 6.26 Å². The molecule has 0 amide bonds. The maximum atomic E-state index is 10.3. The number of rotatable bonds is 3. The summed E-state index contributed by atoms with van der Waals surface area (Å²) in [6.45, 7) is 0. The minimum absolute atomic E-state index is 0.476. The van der Waals surface area contributed by atoms with Crippen LogP contribution in [0, 0.1) is 0 Å². The van der Waals surface area contributed by atoms with Gasteiger partial charge in [-0.25, -0.2) is 12.6 Å². The van der Waals surface area contributed by atoms with Gasteiger partial charge in [0.25, 0.3) is 0 Å². The zero-order valence-electron chi connectivity index (χ0n) is 5.16. The minimum atomic E-state index is -3.13. The summed E-state index contributed by atoms with van der Waals surface area (Å²) in [4.78, 5) is 0. The van der Waals surface area contributed by atoms with E-state index < -0.39 is 26.9 Å². The summed E-state index contributed by atoms with van der Waals surface area (Å²) in [5, 5.41) is 0. The van der Waals surface area contributed by atoms with E-state index in [0.717, 1.165) is 6.26 Å². The molecule has 0 bridgehead atoms. The Kier molecular flexibility index (Phi) is 3.31. The Balaban J connectivity index is 3.67. The normalized spacial score (nSPS) is 15.3. The Morgan fingerprint density at radius 1 is 1.56 bits per heavy atom. The highest BCUT2D eigenvalue weighted by Gasteiger charge is 2.01. The highest BCUT2D eigenvalue weighted by atomic mass is 32.2. The number of hydrogen-bond acceptors (Lipinski definition) is 4. The molecule has 0 N–H and O–H groups in total. The summed E-state index contributed by atoms with van der Waals surface area (Å²) in [6.07, 6.45) is 2.28. The van der Waals surface area contributed by atoms with Gasteiger partial charge in [-0.3, -0.25) is 4.18 Å². The van der Waals surface area contributed by atoms with Crippen LogP contribution in [0.3, 0.4) is 0 Å². The van der Waals surface area contributed by atoms with E-state index in [-0.39, 0.29) is 0 Å². The Bertz CT molecular complexity index is 192. The fraction of sp³-hybridized carbons (Fsp3) is 1.00. The summed E-state index contributed by atoms with van der Waals surface area (Å²) in [7, 11) is -3.13. The molecule has 6 heteroatoms. The summed E-state index contributed by atoms with van der Waals surface area (Å²) < 4.78 is 35.0. The molecule has 0 aliphatic heterocycles. The fourth-order valence-corrected chi connectivity index (χ4v) is 1.40. The van der Waals surface area contributed by atoms with Crippen molar-refractivity contribution in [3.05, 3.63) is 0 Å². The molecule has 0 fully saturated rings. The van der Waals surface area contributed by atoms with Gasteiger partial charge in [-0.15, -0.1) is 0 Å². The predicted molar refractivity (Wildman–Crippen MR) is 34.9 cm³/mol. The summed E-state index contributed by atoms with van der Waals surface area (Å²) >= 11 is -1.49. The highest BCUT2D eigenvalue weighted by Crippen LogP contribution is 1.86. The Labute approximate surface area is 56.8 Å². The van der Waals surface area contributed by atoms with Gasteiger partial charge in [0.05, 0.1) is 0 Å². The average Bonchev–Trinajstić information content (AvgIpc) is 1.59. The molecule has 0 aliphatic carbocycles. The Hall–Kier alpha value is 0.0600. The van der Waals surface area contributed by atoms with Crippen molar-refractivity contribution in [1.29, 1.82) is 0 Å². The first kappa shape index (κ1) is 9.06. The van der Waals surface area contributed by atoms with Crippen LogP contribution >= 0.6 is 0 Å². The molecule has 0 aromatic rings. The van der Waals surface area contributed by atoms with E-state index in [2.05, 4.69) is 4.18 Å². The van der Waals surface area contributed by atoms with E-state index in [4.69, 9.17) is 0 Å². The third-order valence-electron chi connectivity index (χ3n) is 0.428. The van der Waals surface area contributed by atoms with Crippen molar-refractivity contribution in [2.45, 2.75) is 0 Å². The largest absolute Gasteiger partial charge is 0.274 e. The van der Waals surface area contributed by atoms with Gasteiger partial charge in [0.2, 0.25) is 0 Å². The first-order valence-electron chi connectivity index (χ1n) is 2.06. The minimum Gasteiger partial charge on any atom is -0.274 e. The van der Waals surface area contributed by atoms with E-state index in [1.807, 2.05) is 0 Å². The van der Waals surface area contributed by atoms with Crippen molar-refractivity contribution in [3.63, 3.8) is 0 Å². The average molecular weight is 172 g/mol. The summed E-state index contributed by atoms with van der Waals surface area (Å²) in [6, 6.07) is 0. The van der Waals surface area contributed by atoms with Crippen LogP contribution < -0.4 is 0 Å². The van der Waals surface area contributed by atoms with E-state index in [1.54, 1.807) is 0 Å². The van der Waals surface area contributed by atoms with Crippen molar-refractivity contribution in [2.24, 2.45) is 0 Å². The number of sulfone groups is 1. The standard InChI is InChI=1S/C3H8O4S2/c1-8(4)7-3-9(2,5)6/h3H2,1-2H3. The van der Waals surface area contributed by atoms with Gasteiger partial charge in [-0.05, 0) is 0 Å². The van der Waals surface area contributed by atoms with Crippen molar-refractivity contribution < 1.29 is 16.8 Å². The van der Waals surface area contributed by atoms with Gasteiger partial charge < -0.3 is 0 Å². The first-order chi connectivity index (χ1) is 3.92. The molecule has 4 nitrogen and oxygen atoms in total.